The van der Waals surface area contributed by atoms with E-state index >= 15 is 0 Å². The van der Waals surface area contributed by atoms with E-state index in [1.165, 1.54) is 5.56 Å². The van der Waals surface area contributed by atoms with Crippen LogP contribution in [0, 0.1) is 5.92 Å². The van der Waals surface area contributed by atoms with Crippen molar-refractivity contribution in [1.82, 2.24) is 4.90 Å². The zero-order valence-corrected chi connectivity index (χ0v) is 15.3. The van der Waals surface area contributed by atoms with Gasteiger partial charge in [0, 0.05) is 25.4 Å². The van der Waals surface area contributed by atoms with Gasteiger partial charge in [0.2, 0.25) is 5.91 Å². The number of carbonyl (C=O) groups is 1. The Morgan fingerprint density at radius 2 is 2.04 bits per heavy atom. The van der Waals surface area contributed by atoms with Crippen LogP contribution in [0.3, 0.4) is 0 Å². The summed E-state index contributed by atoms with van der Waals surface area (Å²) in [5, 5.41) is 0.00428. The molecule has 1 aromatic rings. The fourth-order valence-electron chi connectivity index (χ4n) is 2.66. The smallest absolute Gasteiger partial charge is 0.235 e. The molecule has 0 N–H and O–H groups in total. The molecule has 2 atom stereocenters. The van der Waals surface area contributed by atoms with Crippen molar-refractivity contribution in [3.63, 3.8) is 0 Å². The summed E-state index contributed by atoms with van der Waals surface area (Å²) in [7, 11) is 0. The maximum Gasteiger partial charge on any atom is 0.235 e. The molecule has 0 bridgehead atoms. The highest BCUT2D eigenvalue weighted by Gasteiger charge is 2.29. The van der Waals surface area contributed by atoms with Crippen molar-refractivity contribution in [3.8, 4) is 0 Å². The van der Waals surface area contributed by atoms with Crippen LogP contribution in [0.25, 0.3) is 0 Å². The summed E-state index contributed by atoms with van der Waals surface area (Å²) >= 11 is 1.72. The zero-order chi connectivity index (χ0) is 16.7. The van der Waals surface area contributed by atoms with Gasteiger partial charge in [-0.2, -0.15) is 0 Å². The number of hydrogen-bond acceptors (Lipinski definition) is 3. The number of carbonyl (C=O) groups excluding carboxylic acids is 1. The number of amides is 1. The number of benzene rings is 1. The number of likely N-dealkylation sites (tertiary alicyclic amines) is 1. The molecule has 2 rings (SSSR count). The number of ether oxygens (including phenoxy) is 1. The standard InChI is InChI=1S/C19H29NO2S/c1-15(2)10-12-22-18-9-11-20(13-18)19(21)16(3)23-14-17-7-5-4-6-8-17/h4-8,15-16,18H,9-14H2,1-3H3/t16-,18-/m0/s1. The third-order valence-electron chi connectivity index (χ3n) is 4.20. The molecule has 1 fully saturated rings. The quantitative estimate of drug-likeness (QED) is 0.720. The van der Waals surface area contributed by atoms with Crippen LogP contribution in [-0.2, 0) is 15.3 Å². The van der Waals surface area contributed by atoms with E-state index in [0.29, 0.717) is 5.92 Å². The number of hydrogen-bond donors (Lipinski definition) is 0. The molecule has 23 heavy (non-hydrogen) atoms. The fourth-order valence-corrected chi connectivity index (χ4v) is 3.59. The van der Waals surface area contributed by atoms with Crippen LogP contribution in [0.5, 0.6) is 0 Å². The number of thioether (sulfide) groups is 1. The lowest BCUT2D eigenvalue weighted by Gasteiger charge is -2.21. The summed E-state index contributed by atoms with van der Waals surface area (Å²) in [6.07, 6.45) is 2.29. The Kier molecular flexibility index (Phi) is 7.44. The van der Waals surface area contributed by atoms with Gasteiger partial charge < -0.3 is 9.64 Å². The minimum absolute atomic E-state index is 0.00428. The Labute approximate surface area is 144 Å². The molecule has 1 amide bonds. The summed E-state index contributed by atoms with van der Waals surface area (Å²) in [4.78, 5) is 14.5. The van der Waals surface area contributed by atoms with Gasteiger partial charge in [0.25, 0.3) is 0 Å². The lowest BCUT2D eigenvalue weighted by molar-refractivity contribution is -0.129. The molecule has 1 saturated heterocycles. The molecule has 0 radical (unpaired) electrons. The summed E-state index contributed by atoms with van der Waals surface area (Å²) in [6.45, 7) is 8.83. The van der Waals surface area contributed by atoms with E-state index in [-0.39, 0.29) is 17.3 Å². The third-order valence-corrected chi connectivity index (χ3v) is 5.40. The molecular formula is C19H29NO2S. The molecule has 0 aliphatic carbocycles. The minimum Gasteiger partial charge on any atom is -0.376 e. The second kappa shape index (κ2) is 9.33. The molecule has 0 unspecified atom stereocenters. The lowest BCUT2D eigenvalue weighted by atomic mass is 10.1. The average molecular weight is 336 g/mol. The molecule has 1 aliphatic heterocycles. The highest BCUT2D eigenvalue weighted by molar-refractivity contribution is 7.99. The normalized spacial score (nSPS) is 19.3. The maximum atomic E-state index is 12.5. The minimum atomic E-state index is 0.00428. The van der Waals surface area contributed by atoms with Gasteiger partial charge in [-0.3, -0.25) is 4.79 Å². The van der Waals surface area contributed by atoms with Crippen LogP contribution in [0.4, 0.5) is 0 Å². The van der Waals surface area contributed by atoms with Crippen LogP contribution in [0.2, 0.25) is 0 Å². The van der Waals surface area contributed by atoms with Crippen molar-refractivity contribution in [3.05, 3.63) is 35.9 Å². The first-order valence-electron chi connectivity index (χ1n) is 8.62. The highest BCUT2D eigenvalue weighted by atomic mass is 32.2. The van der Waals surface area contributed by atoms with Crippen molar-refractivity contribution in [2.24, 2.45) is 5.92 Å². The van der Waals surface area contributed by atoms with Gasteiger partial charge in [-0.15, -0.1) is 11.8 Å². The molecule has 4 heteroatoms. The van der Waals surface area contributed by atoms with E-state index in [4.69, 9.17) is 4.74 Å². The Morgan fingerprint density at radius 3 is 2.74 bits per heavy atom. The summed E-state index contributed by atoms with van der Waals surface area (Å²) in [6, 6.07) is 10.3. The van der Waals surface area contributed by atoms with Gasteiger partial charge in [-0.25, -0.2) is 0 Å². The van der Waals surface area contributed by atoms with Crippen molar-refractivity contribution < 1.29 is 9.53 Å². The second-order valence-electron chi connectivity index (χ2n) is 6.69. The van der Waals surface area contributed by atoms with E-state index in [1.54, 1.807) is 11.8 Å². The first-order chi connectivity index (χ1) is 11.1. The monoisotopic (exact) mass is 335 g/mol. The molecule has 3 nitrogen and oxygen atoms in total. The van der Waals surface area contributed by atoms with Crippen LogP contribution in [-0.4, -0.2) is 41.9 Å². The molecule has 1 heterocycles. The van der Waals surface area contributed by atoms with Gasteiger partial charge in [-0.05, 0) is 31.2 Å². The maximum absolute atomic E-state index is 12.5. The predicted molar refractivity (Wildman–Crippen MR) is 97.6 cm³/mol. The first-order valence-corrected chi connectivity index (χ1v) is 9.67. The number of nitrogens with zero attached hydrogens (tertiary/aromatic N) is 1. The fraction of sp³-hybridized carbons (Fsp3) is 0.632. The Balaban J connectivity index is 1.70. The Bertz CT molecular complexity index is 478. The molecule has 0 saturated carbocycles. The van der Waals surface area contributed by atoms with Gasteiger partial charge in [-0.1, -0.05) is 44.2 Å². The van der Waals surface area contributed by atoms with Crippen LogP contribution < -0.4 is 0 Å². The molecule has 128 valence electrons. The summed E-state index contributed by atoms with van der Waals surface area (Å²) < 4.78 is 5.90. The molecular weight excluding hydrogens is 306 g/mol. The SMILES string of the molecule is CC(C)CCO[C@H]1CCN(C(=O)[C@H](C)SCc2ccccc2)C1. The third kappa shape index (κ3) is 6.19. The van der Waals surface area contributed by atoms with E-state index in [9.17, 15) is 4.79 Å². The molecule has 1 aromatic carbocycles. The largest absolute Gasteiger partial charge is 0.376 e. The predicted octanol–water partition coefficient (Wildman–Crippen LogP) is 3.97. The van der Waals surface area contributed by atoms with Crippen molar-refractivity contribution in [2.75, 3.05) is 19.7 Å². The van der Waals surface area contributed by atoms with E-state index in [0.717, 1.165) is 38.3 Å². The lowest BCUT2D eigenvalue weighted by Crippen LogP contribution is -2.35. The Morgan fingerprint density at radius 1 is 1.30 bits per heavy atom. The number of rotatable bonds is 8. The van der Waals surface area contributed by atoms with Crippen LogP contribution in [0.15, 0.2) is 30.3 Å². The highest BCUT2D eigenvalue weighted by Crippen LogP contribution is 2.22. The summed E-state index contributed by atoms with van der Waals surface area (Å²) in [5.74, 6) is 1.81. The van der Waals surface area contributed by atoms with Crippen molar-refractivity contribution in [1.29, 1.82) is 0 Å². The summed E-state index contributed by atoms with van der Waals surface area (Å²) in [5.41, 5.74) is 1.27. The zero-order valence-electron chi connectivity index (χ0n) is 14.5. The topological polar surface area (TPSA) is 29.5 Å². The van der Waals surface area contributed by atoms with Crippen molar-refractivity contribution in [2.45, 2.75) is 50.7 Å². The van der Waals surface area contributed by atoms with E-state index < -0.39 is 0 Å². The van der Waals surface area contributed by atoms with Gasteiger partial charge in [0.1, 0.15) is 0 Å². The van der Waals surface area contributed by atoms with Crippen molar-refractivity contribution >= 4 is 17.7 Å². The average Bonchev–Trinajstić information content (AvgIpc) is 3.01. The van der Waals surface area contributed by atoms with Gasteiger partial charge >= 0.3 is 0 Å². The van der Waals surface area contributed by atoms with E-state index in [2.05, 4.69) is 26.0 Å². The molecule has 0 aromatic heterocycles. The van der Waals surface area contributed by atoms with Crippen LogP contribution in [0.1, 0.15) is 39.2 Å². The second-order valence-corrected chi connectivity index (χ2v) is 8.02. The van der Waals surface area contributed by atoms with Gasteiger partial charge in [0.15, 0.2) is 0 Å². The van der Waals surface area contributed by atoms with Crippen LogP contribution >= 0.6 is 11.8 Å². The molecule has 1 aliphatic rings. The molecule has 0 spiro atoms. The first kappa shape index (κ1) is 18.3. The van der Waals surface area contributed by atoms with Gasteiger partial charge in [0.05, 0.1) is 11.4 Å². The van der Waals surface area contributed by atoms with E-state index in [1.807, 2.05) is 30.0 Å². The Hall–Kier alpha value is -1.00.